The molecule has 2 aliphatic rings. The SMILES string of the molecule is CC(=O)Nc1cccc2c1ccn2CC(=O)N(C)CC1CCCN2CCCCC12. The number of aromatic nitrogens is 1. The average molecular weight is 397 g/mol. The number of fused-ring (bicyclic) bond motifs is 2. The minimum absolute atomic E-state index is 0.0923. The molecule has 6 heteroatoms. The molecular weight excluding hydrogens is 364 g/mol. The molecule has 2 unspecified atom stereocenters. The van der Waals surface area contributed by atoms with Gasteiger partial charge < -0.3 is 19.7 Å². The number of hydrogen-bond acceptors (Lipinski definition) is 3. The van der Waals surface area contributed by atoms with E-state index < -0.39 is 0 Å². The Hall–Kier alpha value is -2.34. The highest BCUT2D eigenvalue weighted by Crippen LogP contribution is 2.31. The first kappa shape index (κ1) is 20.0. The quantitative estimate of drug-likeness (QED) is 0.843. The molecule has 2 amide bonds. The van der Waals surface area contributed by atoms with Crippen molar-refractivity contribution in [1.82, 2.24) is 14.4 Å². The second-order valence-corrected chi connectivity index (χ2v) is 8.64. The Morgan fingerprint density at radius 1 is 1.14 bits per heavy atom. The summed E-state index contributed by atoms with van der Waals surface area (Å²) in [5.41, 5.74) is 1.75. The lowest BCUT2D eigenvalue weighted by Crippen LogP contribution is -2.51. The van der Waals surface area contributed by atoms with E-state index in [0.717, 1.165) is 23.1 Å². The second-order valence-electron chi connectivity index (χ2n) is 8.64. The molecule has 1 aromatic carbocycles. The standard InChI is InChI=1S/C23H32N4O2/c1-17(28)24-20-8-5-10-22-19(20)11-14-27(22)16-23(29)25(2)15-18-7-6-13-26-12-4-3-9-21(18)26/h5,8,10-11,14,18,21H,3-4,6-7,9,12-13,15-16H2,1-2H3,(H,24,28). The third kappa shape index (κ3) is 4.32. The van der Waals surface area contributed by atoms with Crippen LogP contribution in [0, 0.1) is 5.92 Å². The molecule has 29 heavy (non-hydrogen) atoms. The Labute approximate surface area is 172 Å². The summed E-state index contributed by atoms with van der Waals surface area (Å²) in [5.74, 6) is 0.636. The highest BCUT2D eigenvalue weighted by Gasteiger charge is 2.34. The highest BCUT2D eigenvalue weighted by molar-refractivity contribution is 6.01. The minimum atomic E-state index is -0.0923. The first-order chi connectivity index (χ1) is 14.0. The van der Waals surface area contributed by atoms with Crippen LogP contribution in [0.3, 0.4) is 0 Å². The number of rotatable bonds is 5. The summed E-state index contributed by atoms with van der Waals surface area (Å²) < 4.78 is 1.98. The van der Waals surface area contributed by atoms with Gasteiger partial charge in [-0.2, -0.15) is 0 Å². The second kappa shape index (κ2) is 8.57. The van der Waals surface area contributed by atoms with Gasteiger partial charge in [0.15, 0.2) is 0 Å². The van der Waals surface area contributed by atoms with E-state index in [2.05, 4.69) is 10.2 Å². The van der Waals surface area contributed by atoms with Crippen molar-refractivity contribution in [2.24, 2.45) is 5.92 Å². The van der Waals surface area contributed by atoms with E-state index in [1.165, 1.54) is 52.1 Å². The van der Waals surface area contributed by atoms with Crippen molar-refractivity contribution in [3.63, 3.8) is 0 Å². The molecule has 6 nitrogen and oxygen atoms in total. The summed E-state index contributed by atoms with van der Waals surface area (Å²) in [4.78, 5) is 29.0. The highest BCUT2D eigenvalue weighted by atomic mass is 16.2. The van der Waals surface area contributed by atoms with Crippen molar-refractivity contribution < 1.29 is 9.59 Å². The molecule has 0 aliphatic carbocycles. The van der Waals surface area contributed by atoms with Crippen molar-refractivity contribution in [3.05, 3.63) is 30.5 Å². The van der Waals surface area contributed by atoms with Crippen LogP contribution < -0.4 is 5.32 Å². The number of piperidine rings is 2. The zero-order valence-electron chi connectivity index (χ0n) is 17.6. The van der Waals surface area contributed by atoms with E-state index in [0.29, 0.717) is 18.5 Å². The number of likely N-dealkylation sites (N-methyl/N-ethyl adjacent to an activating group) is 1. The van der Waals surface area contributed by atoms with Crippen LogP contribution in [0.5, 0.6) is 0 Å². The Balaban J connectivity index is 1.43. The van der Waals surface area contributed by atoms with Crippen molar-refractivity contribution in [1.29, 1.82) is 0 Å². The topological polar surface area (TPSA) is 57.6 Å². The fraction of sp³-hybridized carbons (Fsp3) is 0.565. The molecule has 0 radical (unpaired) electrons. The zero-order valence-corrected chi connectivity index (χ0v) is 17.6. The maximum Gasteiger partial charge on any atom is 0.242 e. The van der Waals surface area contributed by atoms with Crippen LogP contribution in [0.25, 0.3) is 10.9 Å². The van der Waals surface area contributed by atoms with Crippen molar-refractivity contribution >= 4 is 28.4 Å². The first-order valence-corrected chi connectivity index (χ1v) is 10.9. The number of carbonyl (C=O) groups is 2. The fourth-order valence-electron chi connectivity index (χ4n) is 5.17. The van der Waals surface area contributed by atoms with Crippen LogP contribution in [0.15, 0.2) is 30.5 Å². The first-order valence-electron chi connectivity index (χ1n) is 10.9. The van der Waals surface area contributed by atoms with Gasteiger partial charge >= 0.3 is 0 Å². The fourth-order valence-corrected chi connectivity index (χ4v) is 5.17. The average Bonchev–Trinajstić information content (AvgIpc) is 3.12. The van der Waals surface area contributed by atoms with Crippen molar-refractivity contribution in [2.75, 3.05) is 32.0 Å². The van der Waals surface area contributed by atoms with Gasteiger partial charge in [-0.1, -0.05) is 12.5 Å². The van der Waals surface area contributed by atoms with Crippen LogP contribution in [-0.4, -0.2) is 58.9 Å². The molecule has 0 spiro atoms. The van der Waals surface area contributed by atoms with Crippen molar-refractivity contribution in [2.45, 2.75) is 51.6 Å². The molecular formula is C23H32N4O2. The van der Waals surface area contributed by atoms with Gasteiger partial charge in [-0.15, -0.1) is 0 Å². The minimum Gasteiger partial charge on any atom is -0.344 e. The van der Waals surface area contributed by atoms with E-state index in [4.69, 9.17) is 0 Å². The summed E-state index contributed by atoms with van der Waals surface area (Å²) in [7, 11) is 1.94. The summed E-state index contributed by atoms with van der Waals surface area (Å²) in [6, 6.07) is 8.42. The van der Waals surface area contributed by atoms with Gasteiger partial charge in [0.1, 0.15) is 6.54 Å². The normalized spacial score (nSPS) is 22.3. The molecule has 0 saturated carbocycles. The van der Waals surface area contributed by atoms with Crippen molar-refractivity contribution in [3.8, 4) is 0 Å². The predicted octanol–water partition coefficient (Wildman–Crippen LogP) is 3.32. The molecule has 2 fully saturated rings. The van der Waals surface area contributed by atoms with Gasteiger partial charge in [-0.25, -0.2) is 0 Å². The monoisotopic (exact) mass is 396 g/mol. The van der Waals surface area contributed by atoms with E-state index in [1.54, 1.807) is 0 Å². The smallest absolute Gasteiger partial charge is 0.242 e. The number of carbonyl (C=O) groups excluding carboxylic acids is 2. The van der Waals surface area contributed by atoms with Crippen LogP contribution in [0.1, 0.15) is 39.0 Å². The molecule has 0 bridgehead atoms. The molecule has 2 saturated heterocycles. The Bertz CT molecular complexity index is 888. The van der Waals surface area contributed by atoms with Gasteiger partial charge in [0.05, 0.1) is 11.2 Å². The number of hydrogen-bond donors (Lipinski definition) is 1. The molecule has 4 rings (SSSR count). The molecule has 2 atom stereocenters. The lowest BCUT2D eigenvalue weighted by molar-refractivity contribution is -0.131. The van der Waals surface area contributed by atoms with E-state index in [9.17, 15) is 9.59 Å². The Morgan fingerprint density at radius 2 is 1.97 bits per heavy atom. The van der Waals surface area contributed by atoms with Crippen LogP contribution in [0.2, 0.25) is 0 Å². The van der Waals surface area contributed by atoms with Gasteiger partial charge in [-0.3, -0.25) is 9.59 Å². The summed E-state index contributed by atoms with van der Waals surface area (Å²) >= 11 is 0. The molecule has 2 aliphatic heterocycles. The Kier molecular flexibility index (Phi) is 5.90. The lowest BCUT2D eigenvalue weighted by Gasteiger charge is -2.45. The number of benzene rings is 1. The van der Waals surface area contributed by atoms with Gasteiger partial charge in [-0.05, 0) is 62.9 Å². The largest absolute Gasteiger partial charge is 0.344 e. The summed E-state index contributed by atoms with van der Waals surface area (Å²) in [6.07, 6.45) is 8.33. The van der Waals surface area contributed by atoms with E-state index in [1.807, 2.05) is 47.0 Å². The van der Waals surface area contributed by atoms with Crippen LogP contribution >= 0.6 is 0 Å². The maximum atomic E-state index is 13.0. The maximum absolute atomic E-state index is 13.0. The number of anilines is 1. The van der Waals surface area contributed by atoms with Gasteiger partial charge in [0.25, 0.3) is 0 Å². The zero-order chi connectivity index (χ0) is 20.4. The lowest BCUT2D eigenvalue weighted by atomic mass is 9.83. The van der Waals surface area contributed by atoms with Gasteiger partial charge in [0, 0.05) is 38.1 Å². The molecule has 156 valence electrons. The Morgan fingerprint density at radius 3 is 2.79 bits per heavy atom. The van der Waals surface area contributed by atoms with E-state index in [-0.39, 0.29) is 11.8 Å². The predicted molar refractivity (Wildman–Crippen MR) is 116 cm³/mol. The molecule has 1 N–H and O–H groups in total. The van der Waals surface area contributed by atoms with Crippen LogP contribution in [-0.2, 0) is 16.1 Å². The molecule has 1 aromatic heterocycles. The molecule has 3 heterocycles. The number of nitrogens with one attached hydrogen (secondary N) is 1. The summed E-state index contributed by atoms with van der Waals surface area (Å²) in [6.45, 7) is 5.13. The van der Waals surface area contributed by atoms with Gasteiger partial charge in [0.2, 0.25) is 11.8 Å². The number of nitrogens with zero attached hydrogens (tertiary/aromatic N) is 3. The summed E-state index contributed by atoms with van der Waals surface area (Å²) in [5, 5.41) is 3.83. The van der Waals surface area contributed by atoms with E-state index >= 15 is 0 Å². The third-order valence-electron chi connectivity index (χ3n) is 6.59. The molecule has 2 aromatic rings. The van der Waals surface area contributed by atoms with Crippen LogP contribution in [0.4, 0.5) is 5.69 Å². The number of amides is 2. The third-order valence-corrected chi connectivity index (χ3v) is 6.59.